The van der Waals surface area contributed by atoms with Gasteiger partial charge in [-0.25, -0.2) is 0 Å². The molecule has 2 aromatic rings. The third-order valence-electron chi connectivity index (χ3n) is 3.09. The van der Waals surface area contributed by atoms with Crippen LogP contribution in [0.4, 0.5) is 0 Å². The molecule has 0 bridgehead atoms. The van der Waals surface area contributed by atoms with E-state index in [1.54, 1.807) is 17.4 Å². The van der Waals surface area contributed by atoms with Crippen LogP contribution in [0.5, 0.6) is 5.75 Å². The van der Waals surface area contributed by atoms with Gasteiger partial charge in [0.05, 0.1) is 0 Å². The Balaban J connectivity index is 1.93. The van der Waals surface area contributed by atoms with Crippen LogP contribution < -0.4 is 5.32 Å². The quantitative estimate of drug-likeness (QED) is 0.769. The average molecular weight is 291 g/mol. The van der Waals surface area contributed by atoms with Gasteiger partial charge in [-0.1, -0.05) is 30.4 Å². The molecule has 0 unspecified atom stereocenters. The Morgan fingerprint density at radius 1 is 1.25 bits per heavy atom. The van der Waals surface area contributed by atoms with Crippen LogP contribution in [0, 0.1) is 6.92 Å². The number of nitrogens with zero attached hydrogens (tertiary/aromatic N) is 2. The van der Waals surface area contributed by atoms with Crippen molar-refractivity contribution < 1.29 is 5.11 Å². The number of rotatable bonds is 7. The minimum absolute atomic E-state index is 0.308. The first-order chi connectivity index (χ1) is 9.70. The Morgan fingerprint density at radius 3 is 2.85 bits per heavy atom. The van der Waals surface area contributed by atoms with Crippen molar-refractivity contribution in [3.8, 4) is 16.3 Å². The van der Waals surface area contributed by atoms with Crippen LogP contribution in [0.25, 0.3) is 10.6 Å². The lowest BCUT2D eigenvalue weighted by Crippen LogP contribution is -2.16. The lowest BCUT2D eigenvalue weighted by atomic mass is 10.1. The zero-order chi connectivity index (χ0) is 14.4. The van der Waals surface area contributed by atoms with Gasteiger partial charge in [0.15, 0.2) is 0 Å². The fraction of sp³-hybridized carbons (Fsp3) is 0.467. The zero-order valence-corrected chi connectivity index (χ0v) is 12.8. The van der Waals surface area contributed by atoms with Crippen molar-refractivity contribution in [3.63, 3.8) is 0 Å². The summed E-state index contributed by atoms with van der Waals surface area (Å²) < 4.78 is 0. The van der Waals surface area contributed by atoms with Crippen LogP contribution in [-0.4, -0.2) is 28.4 Å². The van der Waals surface area contributed by atoms with Gasteiger partial charge in [-0.3, -0.25) is 0 Å². The average Bonchev–Trinajstić information content (AvgIpc) is 2.90. The number of aromatic hydroxyl groups is 1. The molecular formula is C15H21N3OS. The normalized spacial score (nSPS) is 10.9. The van der Waals surface area contributed by atoms with Gasteiger partial charge < -0.3 is 10.4 Å². The lowest BCUT2D eigenvalue weighted by molar-refractivity contribution is 0.471. The van der Waals surface area contributed by atoms with Gasteiger partial charge in [0, 0.05) is 12.0 Å². The molecule has 108 valence electrons. The Hall–Kier alpha value is -1.46. The number of hydrogen-bond acceptors (Lipinski definition) is 5. The van der Waals surface area contributed by atoms with Gasteiger partial charge in [-0.05, 0) is 44.5 Å². The molecule has 1 aromatic carbocycles. The monoisotopic (exact) mass is 291 g/mol. The van der Waals surface area contributed by atoms with Crippen LogP contribution in [0.15, 0.2) is 18.2 Å². The molecule has 0 radical (unpaired) electrons. The van der Waals surface area contributed by atoms with E-state index < -0.39 is 0 Å². The number of phenolic OH excluding ortho intramolecular Hbond substituents is 1. The van der Waals surface area contributed by atoms with Crippen LogP contribution in [0.1, 0.15) is 30.3 Å². The summed E-state index contributed by atoms with van der Waals surface area (Å²) in [5.74, 6) is 0.308. The number of aromatic nitrogens is 2. The molecular weight excluding hydrogens is 270 g/mol. The van der Waals surface area contributed by atoms with Crippen LogP contribution in [0.3, 0.4) is 0 Å². The molecule has 5 heteroatoms. The standard InChI is InChI=1S/C15H21N3OS/c1-3-8-16-9-4-5-14-17-18-15(20-14)12-7-6-11(2)13(19)10-12/h6-7,10,16,19H,3-5,8-9H2,1-2H3. The van der Waals surface area contributed by atoms with Gasteiger partial charge in [0.1, 0.15) is 15.8 Å². The van der Waals surface area contributed by atoms with Gasteiger partial charge in [0.25, 0.3) is 0 Å². The van der Waals surface area contributed by atoms with Crippen molar-refractivity contribution in [3.05, 3.63) is 28.8 Å². The molecule has 0 aliphatic carbocycles. The maximum atomic E-state index is 9.74. The summed E-state index contributed by atoms with van der Waals surface area (Å²) in [6.07, 6.45) is 3.19. The van der Waals surface area contributed by atoms with Crippen LogP contribution in [-0.2, 0) is 6.42 Å². The minimum Gasteiger partial charge on any atom is -0.508 e. The van der Waals surface area contributed by atoms with Crippen molar-refractivity contribution in [2.75, 3.05) is 13.1 Å². The summed E-state index contributed by atoms with van der Waals surface area (Å²) in [6, 6.07) is 5.63. The summed E-state index contributed by atoms with van der Waals surface area (Å²) in [4.78, 5) is 0. The molecule has 1 aromatic heterocycles. The third-order valence-corrected chi connectivity index (χ3v) is 4.13. The fourth-order valence-corrected chi connectivity index (χ4v) is 2.76. The predicted molar refractivity (Wildman–Crippen MR) is 83.2 cm³/mol. The van der Waals surface area contributed by atoms with Crippen LogP contribution in [0.2, 0.25) is 0 Å². The molecule has 20 heavy (non-hydrogen) atoms. The molecule has 0 spiro atoms. The molecule has 0 atom stereocenters. The van der Waals surface area contributed by atoms with Crippen LogP contribution >= 0.6 is 11.3 Å². The molecule has 0 saturated heterocycles. The molecule has 2 rings (SSSR count). The van der Waals surface area contributed by atoms with E-state index >= 15 is 0 Å². The molecule has 2 N–H and O–H groups in total. The Morgan fingerprint density at radius 2 is 2.10 bits per heavy atom. The second-order valence-corrected chi connectivity index (χ2v) is 5.92. The van der Waals surface area contributed by atoms with Gasteiger partial charge in [-0.2, -0.15) is 0 Å². The van der Waals surface area contributed by atoms with E-state index in [4.69, 9.17) is 0 Å². The largest absolute Gasteiger partial charge is 0.508 e. The topological polar surface area (TPSA) is 58.0 Å². The van der Waals surface area contributed by atoms with Crippen molar-refractivity contribution in [1.29, 1.82) is 0 Å². The van der Waals surface area contributed by atoms with E-state index in [1.165, 1.54) is 6.42 Å². The van der Waals surface area contributed by atoms with E-state index in [0.717, 1.165) is 47.1 Å². The molecule has 0 saturated carbocycles. The molecule has 1 heterocycles. The molecule has 0 aliphatic rings. The van der Waals surface area contributed by atoms with E-state index in [-0.39, 0.29) is 0 Å². The Labute approximate surface area is 123 Å². The van der Waals surface area contributed by atoms with E-state index in [2.05, 4.69) is 22.4 Å². The van der Waals surface area contributed by atoms with Crippen molar-refractivity contribution in [2.45, 2.75) is 33.1 Å². The molecule has 0 aliphatic heterocycles. The molecule has 4 nitrogen and oxygen atoms in total. The zero-order valence-electron chi connectivity index (χ0n) is 12.0. The highest BCUT2D eigenvalue weighted by Gasteiger charge is 2.08. The summed E-state index contributed by atoms with van der Waals surface area (Å²) >= 11 is 1.60. The molecule has 0 amide bonds. The van der Waals surface area contributed by atoms with E-state index in [1.807, 2.05) is 19.1 Å². The summed E-state index contributed by atoms with van der Waals surface area (Å²) in [7, 11) is 0. The van der Waals surface area contributed by atoms with Gasteiger partial charge in [-0.15, -0.1) is 10.2 Å². The maximum absolute atomic E-state index is 9.74. The number of hydrogen-bond donors (Lipinski definition) is 2. The summed E-state index contributed by atoms with van der Waals surface area (Å²) in [5.41, 5.74) is 1.81. The first-order valence-corrected chi connectivity index (χ1v) is 7.85. The Kier molecular flexibility index (Phi) is 5.49. The molecule has 0 fully saturated rings. The lowest BCUT2D eigenvalue weighted by Gasteiger charge is -2.00. The number of benzene rings is 1. The summed E-state index contributed by atoms with van der Waals surface area (Å²) in [6.45, 7) is 6.15. The smallest absolute Gasteiger partial charge is 0.147 e. The maximum Gasteiger partial charge on any atom is 0.147 e. The van der Waals surface area contributed by atoms with Gasteiger partial charge >= 0.3 is 0 Å². The highest BCUT2D eigenvalue weighted by Crippen LogP contribution is 2.28. The van der Waals surface area contributed by atoms with Crippen molar-refractivity contribution in [1.82, 2.24) is 15.5 Å². The highest BCUT2D eigenvalue weighted by molar-refractivity contribution is 7.14. The van der Waals surface area contributed by atoms with Gasteiger partial charge in [0.2, 0.25) is 0 Å². The SMILES string of the molecule is CCCNCCCc1nnc(-c2ccc(C)c(O)c2)s1. The van der Waals surface area contributed by atoms with Crippen molar-refractivity contribution >= 4 is 11.3 Å². The Bertz CT molecular complexity index is 554. The first kappa shape index (κ1) is 14.9. The number of phenols is 1. The second-order valence-electron chi connectivity index (χ2n) is 4.86. The predicted octanol–water partition coefficient (Wildman–Crippen LogP) is 3.15. The first-order valence-electron chi connectivity index (χ1n) is 7.03. The number of aryl methyl sites for hydroxylation is 2. The number of nitrogens with one attached hydrogen (secondary N) is 1. The van der Waals surface area contributed by atoms with E-state index in [9.17, 15) is 5.11 Å². The third kappa shape index (κ3) is 4.02. The van der Waals surface area contributed by atoms with E-state index in [0.29, 0.717) is 5.75 Å². The fourth-order valence-electron chi connectivity index (χ4n) is 1.88. The highest BCUT2D eigenvalue weighted by atomic mass is 32.1. The van der Waals surface area contributed by atoms with Crippen molar-refractivity contribution in [2.24, 2.45) is 0 Å². The summed E-state index contributed by atoms with van der Waals surface area (Å²) in [5, 5.41) is 23.5. The minimum atomic E-state index is 0.308. The second kappa shape index (κ2) is 7.36.